The van der Waals surface area contributed by atoms with Crippen molar-refractivity contribution in [3.05, 3.63) is 23.2 Å². The first-order valence-electron chi connectivity index (χ1n) is 6.02. The molecule has 0 aliphatic carbocycles. The number of nitrogens with two attached hydrogens (primary N) is 1. The summed E-state index contributed by atoms with van der Waals surface area (Å²) >= 11 is 7.48. The number of ether oxygens (including phenoxy) is 1. The van der Waals surface area contributed by atoms with Gasteiger partial charge in [-0.15, -0.1) is 11.8 Å². The summed E-state index contributed by atoms with van der Waals surface area (Å²) in [5, 5.41) is 3.73. The van der Waals surface area contributed by atoms with E-state index in [1.807, 2.05) is 0 Å². The van der Waals surface area contributed by atoms with Gasteiger partial charge in [-0.2, -0.15) is 0 Å². The second kappa shape index (κ2) is 8.30. The molecule has 1 unspecified atom stereocenters. The van der Waals surface area contributed by atoms with Crippen molar-refractivity contribution in [3.63, 3.8) is 0 Å². The molecule has 1 aromatic rings. The highest BCUT2D eigenvalue weighted by molar-refractivity contribution is 8.00. The lowest BCUT2D eigenvalue weighted by Gasteiger charge is -2.12. The van der Waals surface area contributed by atoms with E-state index in [1.165, 1.54) is 0 Å². The van der Waals surface area contributed by atoms with E-state index in [0.717, 1.165) is 6.42 Å². The maximum absolute atomic E-state index is 11.8. The third kappa shape index (κ3) is 5.72. The van der Waals surface area contributed by atoms with Crippen molar-refractivity contribution in [2.45, 2.75) is 18.6 Å². The molecule has 4 nitrogen and oxygen atoms in total. The Kier molecular flexibility index (Phi) is 7.05. The highest BCUT2D eigenvalue weighted by Gasteiger charge is 2.10. The fourth-order valence-corrected chi connectivity index (χ4v) is 2.48. The van der Waals surface area contributed by atoms with Gasteiger partial charge in [-0.25, -0.2) is 0 Å². The minimum Gasteiger partial charge on any atom is -0.495 e. The number of rotatable bonds is 7. The van der Waals surface area contributed by atoms with Crippen LogP contribution >= 0.6 is 23.4 Å². The Morgan fingerprint density at radius 2 is 2.32 bits per heavy atom. The monoisotopic (exact) mass is 302 g/mol. The van der Waals surface area contributed by atoms with E-state index in [4.69, 9.17) is 22.1 Å². The van der Waals surface area contributed by atoms with Crippen molar-refractivity contribution < 1.29 is 9.53 Å². The maximum atomic E-state index is 11.8. The molecule has 0 radical (unpaired) electrons. The van der Waals surface area contributed by atoms with Gasteiger partial charge in [0.15, 0.2) is 0 Å². The number of benzene rings is 1. The van der Waals surface area contributed by atoms with E-state index in [2.05, 4.69) is 12.2 Å². The van der Waals surface area contributed by atoms with Crippen LogP contribution in [-0.2, 0) is 4.79 Å². The van der Waals surface area contributed by atoms with E-state index in [-0.39, 0.29) is 5.91 Å². The molecular formula is C13H19ClN2O2S. The zero-order chi connectivity index (χ0) is 14.3. The average Bonchev–Trinajstić information content (AvgIpc) is 2.37. The summed E-state index contributed by atoms with van der Waals surface area (Å²) in [5.41, 5.74) is 6.06. The number of amides is 1. The summed E-state index contributed by atoms with van der Waals surface area (Å²) in [6.45, 7) is 2.70. The quantitative estimate of drug-likeness (QED) is 0.813. The van der Waals surface area contributed by atoms with Gasteiger partial charge in [-0.1, -0.05) is 18.5 Å². The number of anilines is 1. The maximum Gasteiger partial charge on any atom is 0.234 e. The summed E-state index contributed by atoms with van der Waals surface area (Å²) < 4.78 is 5.17. The Hall–Kier alpha value is -0.910. The van der Waals surface area contributed by atoms with E-state index in [0.29, 0.717) is 34.0 Å². The normalized spacial score (nSPS) is 12.0. The van der Waals surface area contributed by atoms with Crippen molar-refractivity contribution in [1.29, 1.82) is 0 Å². The first kappa shape index (κ1) is 16.1. The van der Waals surface area contributed by atoms with Crippen LogP contribution in [0.25, 0.3) is 0 Å². The number of thioether (sulfide) groups is 1. The van der Waals surface area contributed by atoms with Crippen LogP contribution in [0.1, 0.15) is 13.3 Å². The van der Waals surface area contributed by atoms with E-state index < -0.39 is 0 Å². The molecule has 6 heteroatoms. The van der Waals surface area contributed by atoms with Gasteiger partial charge in [0.25, 0.3) is 0 Å². The Morgan fingerprint density at radius 3 is 2.95 bits per heavy atom. The molecular weight excluding hydrogens is 284 g/mol. The lowest BCUT2D eigenvalue weighted by Crippen LogP contribution is -2.17. The molecule has 0 aliphatic rings. The van der Waals surface area contributed by atoms with Crippen molar-refractivity contribution in [2.24, 2.45) is 5.73 Å². The fourth-order valence-electron chi connectivity index (χ4n) is 1.50. The second-order valence-corrected chi connectivity index (χ2v) is 5.95. The summed E-state index contributed by atoms with van der Waals surface area (Å²) in [4.78, 5) is 11.8. The molecule has 1 atom stereocenters. The van der Waals surface area contributed by atoms with Crippen LogP contribution in [0.15, 0.2) is 18.2 Å². The molecule has 0 aromatic heterocycles. The van der Waals surface area contributed by atoms with Crippen LogP contribution in [0.5, 0.6) is 5.75 Å². The average molecular weight is 303 g/mol. The number of hydrogen-bond donors (Lipinski definition) is 2. The van der Waals surface area contributed by atoms with Crippen molar-refractivity contribution in [1.82, 2.24) is 0 Å². The first-order chi connectivity index (χ1) is 9.06. The van der Waals surface area contributed by atoms with Crippen LogP contribution in [0, 0.1) is 0 Å². The molecule has 1 rings (SSSR count). The van der Waals surface area contributed by atoms with E-state index >= 15 is 0 Å². The lowest BCUT2D eigenvalue weighted by atomic mass is 10.3. The van der Waals surface area contributed by atoms with Gasteiger partial charge in [0.2, 0.25) is 5.91 Å². The van der Waals surface area contributed by atoms with Crippen LogP contribution in [0.2, 0.25) is 5.02 Å². The highest BCUT2D eigenvalue weighted by Crippen LogP contribution is 2.27. The van der Waals surface area contributed by atoms with Crippen LogP contribution in [0.4, 0.5) is 5.69 Å². The minimum absolute atomic E-state index is 0.0746. The number of carbonyl (C=O) groups is 1. The number of halogens is 1. The number of methoxy groups -OCH3 is 1. The predicted octanol–water partition coefficient (Wildman–Crippen LogP) is 2.76. The molecule has 0 aliphatic heterocycles. The van der Waals surface area contributed by atoms with Gasteiger partial charge in [0.1, 0.15) is 5.75 Å². The zero-order valence-electron chi connectivity index (χ0n) is 11.1. The Bertz CT molecular complexity index is 429. The van der Waals surface area contributed by atoms with Crippen molar-refractivity contribution >= 4 is 35.0 Å². The predicted molar refractivity (Wildman–Crippen MR) is 82.2 cm³/mol. The van der Waals surface area contributed by atoms with Gasteiger partial charge in [0, 0.05) is 10.3 Å². The van der Waals surface area contributed by atoms with E-state index in [9.17, 15) is 4.79 Å². The summed E-state index contributed by atoms with van der Waals surface area (Å²) in [6, 6.07) is 5.11. The number of carbonyl (C=O) groups excluding carboxylic acids is 1. The van der Waals surface area contributed by atoms with Crippen LogP contribution in [0.3, 0.4) is 0 Å². The molecule has 0 saturated heterocycles. The Morgan fingerprint density at radius 1 is 1.58 bits per heavy atom. The molecule has 0 heterocycles. The van der Waals surface area contributed by atoms with Gasteiger partial charge in [0.05, 0.1) is 18.6 Å². The summed E-state index contributed by atoms with van der Waals surface area (Å²) in [5.74, 6) is 0.906. The number of nitrogens with one attached hydrogen (secondary N) is 1. The molecule has 1 amide bonds. The zero-order valence-corrected chi connectivity index (χ0v) is 12.7. The van der Waals surface area contributed by atoms with Crippen LogP contribution < -0.4 is 15.8 Å². The first-order valence-corrected chi connectivity index (χ1v) is 7.44. The van der Waals surface area contributed by atoms with Crippen molar-refractivity contribution in [3.8, 4) is 5.75 Å². The SMILES string of the molecule is COc1ccc(Cl)cc1NC(=O)CSC(C)CCN. The van der Waals surface area contributed by atoms with Crippen molar-refractivity contribution in [2.75, 3.05) is 24.7 Å². The van der Waals surface area contributed by atoms with Gasteiger partial charge >= 0.3 is 0 Å². The third-order valence-electron chi connectivity index (χ3n) is 2.51. The molecule has 0 bridgehead atoms. The molecule has 0 saturated carbocycles. The Balaban J connectivity index is 2.54. The topological polar surface area (TPSA) is 64.3 Å². The Labute approximate surface area is 123 Å². The third-order valence-corrected chi connectivity index (χ3v) is 3.98. The molecule has 0 fully saturated rings. The second-order valence-electron chi connectivity index (χ2n) is 4.09. The molecule has 19 heavy (non-hydrogen) atoms. The summed E-state index contributed by atoms with van der Waals surface area (Å²) in [7, 11) is 1.55. The molecule has 3 N–H and O–H groups in total. The highest BCUT2D eigenvalue weighted by atomic mass is 35.5. The van der Waals surface area contributed by atoms with Gasteiger partial charge in [-0.3, -0.25) is 4.79 Å². The lowest BCUT2D eigenvalue weighted by molar-refractivity contribution is -0.113. The number of hydrogen-bond acceptors (Lipinski definition) is 4. The molecule has 106 valence electrons. The standard InChI is InChI=1S/C13H19ClN2O2S/c1-9(5-6-15)19-8-13(17)16-11-7-10(14)3-4-12(11)18-2/h3-4,7,9H,5-6,8,15H2,1-2H3,(H,16,17). The molecule has 1 aromatic carbocycles. The van der Waals surface area contributed by atoms with Crippen LogP contribution in [-0.4, -0.2) is 30.6 Å². The minimum atomic E-state index is -0.0746. The van der Waals surface area contributed by atoms with Gasteiger partial charge < -0.3 is 15.8 Å². The van der Waals surface area contributed by atoms with E-state index in [1.54, 1.807) is 37.1 Å². The molecule has 0 spiro atoms. The fraction of sp³-hybridized carbons (Fsp3) is 0.462. The smallest absolute Gasteiger partial charge is 0.234 e. The largest absolute Gasteiger partial charge is 0.495 e. The summed E-state index contributed by atoms with van der Waals surface area (Å²) in [6.07, 6.45) is 0.901. The van der Waals surface area contributed by atoms with Gasteiger partial charge in [-0.05, 0) is 31.2 Å².